The standard InChI is InChI=1S/C22H32N2O2.2C2HF3O2/c1-2-5-19(25)16-8-14-24(15-9-16)20-17-6-3-4-7-18(17)22(21(20)26)10-12-23-13-11-22;2*3-2(4,5)1(6)7/h3-4,6-7,16,20-21,23,26H,2,5,8-15H2,1H3;2*(H,6,7)/t20-,21+;;/m1../s1. The smallest absolute Gasteiger partial charge is 0.475 e. The Morgan fingerprint density at radius 3 is 1.88 bits per heavy atom. The maximum absolute atomic E-state index is 12.3. The summed E-state index contributed by atoms with van der Waals surface area (Å²) < 4.78 is 63.5. The maximum atomic E-state index is 12.3. The number of carboxylic acids is 2. The minimum atomic E-state index is -5.08. The number of carboxylic acid groups (broad SMARTS) is 2. The molecule has 4 rings (SSSR count). The topological polar surface area (TPSA) is 127 Å². The zero-order valence-electron chi connectivity index (χ0n) is 21.9. The van der Waals surface area contributed by atoms with Crippen LogP contribution in [0.25, 0.3) is 0 Å². The van der Waals surface area contributed by atoms with Crippen LogP contribution >= 0.6 is 0 Å². The molecule has 0 radical (unpaired) electrons. The maximum Gasteiger partial charge on any atom is 0.490 e. The van der Waals surface area contributed by atoms with Gasteiger partial charge >= 0.3 is 24.3 Å². The molecular formula is C26H34F6N2O6. The summed E-state index contributed by atoms with van der Waals surface area (Å²) in [7, 11) is 0. The van der Waals surface area contributed by atoms with Crippen LogP contribution < -0.4 is 5.32 Å². The van der Waals surface area contributed by atoms with Crippen molar-refractivity contribution in [1.29, 1.82) is 0 Å². The van der Waals surface area contributed by atoms with Crippen molar-refractivity contribution in [2.24, 2.45) is 5.92 Å². The molecule has 0 amide bonds. The van der Waals surface area contributed by atoms with Crippen LogP contribution in [0.15, 0.2) is 24.3 Å². The number of nitrogens with one attached hydrogen (secondary N) is 1. The number of aliphatic hydroxyl groups is 1. The van der Waals surface area contributed by atoms with Crippen molar-refractivity contribution in [3.8, 4) is 0 Å². The molecule has 2 heterocycles. The fraction of sp³-hybridized carbons (Fsp3) is 0.654. The number of Topliss-reactive ketones (excluding diaryl/α,β-unsaturated/α-hetero) is 1. The number of hydrogen-bond donors (Lipinski definition) is 4. The van der Waals surface area contributed by atoms with E-state index in [1.807, 2.05) is 0 Å². The number of aliphatic hydroxyl groups excluding tert-OH is 1. The van der Waals surface area contributed by atoms with E-state index in [1.165, 1.54) is 11.1 Å². The van der Waals surface area contributed by atoms with Crippen molar-refractivity contribution in [2.75, 3.05) is 26.2 Å². The molecule has 3 aliphatic rings. The number of fused-ring (bicyclic) bond motifs is 2. The number of rotatable bonds is 4. The van der Waals surface area contributed by atoms with Crippen LogP contribution in [0.2, 0.25) is 0 Å². The minimum Gasteiger partial charge on any atom is -0.475 e. The Morgan fingerprint density at radius 1 is 0.950 bits per heavy atom. The summed E-state index contributed by atoms with van der Waals surface area (Å²) in [5, 5.41) is 29.2. The van der Waals surface area contributed by atoms with Gasteiger partial charge in [-0.3, -0.25) is 9.69 Å². The van der Waals surface area contributed by atoms with Gasteiger partial charge in [0.05, 0.1) is 12.1 Å². The second-order valence-corrected chi connectivity index (χ2v) is 10.0. The van der Waals surface area contributed by atoms with E-state index in [0.29, 0.717) is 5.78 Å². The van der Waals surface area contributed by atoms with E-state index in [-0.39, 0.29) is 23.5 Å². The van der Waals surface area contributed by atoms with Gasteiger partial charge in [0.15, 0.2) is 0 Å². The number of carbonyl (C=O) groups is 3. The van der Waals surface area contributed by atoms with Crippen LogP contribution in [0, 0.1) is 5.92 Å². The Hall–Kier alpha value is -2.71. The van der Waals surface area contributed by atoms with Gasteiger partial charge in [0.25, 0.3) is 0 Å². The van der Waals surface area contributed by atoms with Gasteiger partial charge in [0.1, 0.15) is 5.78 Å². The highest BCUT2D eigenvalue weighted by Gasteiger charge is 2.53. The first-order valence-electron chi connectivity index (χ1n) is 12.9. The van der Waals surface area contributed by atoms with Crippen molar-refractivity contribution in [1.82, 2.24) is 10.2 Å². The quantitative estimate of drug-likeness (QED) is 0.390. The van der Waals surface area contributed by atoms with Crippen LogP contribution in [0.5, 0.6) is 0 Å². The van der Waals surface area contributed by atoms with Crippen molar-refractivity contribution in [3.05, 3.63) is 35.4 Å². The summed E-state index contributed by atoms with van der Waals surface area (Å²) in [6.07, 6.45) is -4.94. The number of carbonyl (C=O) groups excluding carboxylic acids is 1. The van der Waals surface area contributed by atoms with Crippen molar-refractivity contribution >= 4 is 17.7 Å². The Kier molecular flexibility index (Phi) is 11.5. The van der Waals surface area contributed by atoms with Gasteiger partial charge in [0, 0.05) is 17.8 Å². The first-order valence-corrected chi connectivity index (χ1v) is 12.9. The number of piperidine rings is 2. The van der Waals surface area contributed by atoms with E-state index in [0.717, 1.165) is 64.7 Å². The van der Waals surface area contributed by atoms with Gasteiger partial charge in [-0.05, 0) is 69.4 Å². The molecule has 1 aromatic rings. The Balaban J connectivity index is 0.000000333. The lowest BCUT2D eigenvalue weighted by Crippen LogP contribution is -2.50. The van der Waals surface area contributed by atoms with Crippen LogP contribution in [0.3, 0.4) is 0 Å². The molecule has 0 unspecified atom stereocenters. The third-order valence-corrected chi connectivity index (χ3v) is 7.54. The minimum absolute atomic E-state index is 0.0894. The number of ketones is 1. The zero-order valence-corrected chi connectivity index (χ0v) is 21.9. The lowest BCUT2D eigenvalue weighted by Gasteiger charge is -2.42. The molecule has 8 nitrogen and oxygen atoms in total. The predicted molar refractivity (Wildman–Crippen MR) is 131 cm³/mol. The van der Waals surface area contributed by atoms with E-state index < -0.39 is 24.3 Å². The number of likely N-dealkylation sites (tertiary alicyclic amines) is 1. The van der Waals surface area contributed by atoms with E-state index in [1.54, 1.807) is 0 Å². The molecule has 2 saturated heterocycles. The molecule has 1 aliphatic carbocycles. The molecule has 1 aromatic carbocycles. The molecule has 4 N–H and O–H groups in total. The molecule has 2 aliphatic heterocycles. The highest BCUT2D eigenvalue weighted by atomic mass is 19.4. The van der Waals surface area contributed by atoms with E-state index >= 15 is 0 Å². The third kappa shape index (κ3) is 8.16. The Morgan fingerprint density at radius 2 is 1.43 bits per heavy atom. The van der Waals surface area contributed by atoms with E-state index in [4.69, 9.17) is 19.8 Å². The van der Waals surface area contributed by atoms with E-state index in [9.17, 15) is 36.2 Å². The molecular weight excluding hydrogens is 550 g/mol. The van der Waals surface area contributed by atoms with Gasteiger partial charge in [-0.25, -0.2) is 9.59 Å². The van der Waals surface area contributed by atoms with Gasteiger partial charge in [0.2, 0.25) is 0 Å². The third-order valence-electron chi connectivity index (χ3n) is 7.54. The van der Waals surface area contributed by atoms with Crippen LogP contribution in [0.4, 0.5) is 26.3 Å². The lowest BCUT2D eigenvalue weighted by molar-refractivity contribution is -0.193. The van der Waals surface area contributed by atoms with Crippen molar-refractivity contribution in [3.63, 3.8) is 0 Å². The molecule has 0 saturated carbocycles. The molecule has 1 spiro atoms. The van der Waals surface area contributed by atoms with E-state index in [2.05, 4.69) is 41.4 Å². The van der Waals surface area contributed by atoms with Gasteiger partial charge in [-0.15, -0.1) is 0 Å². The fourth-order valence-electron chi connectivity index (χ4n) is 5.62. The van der Waals surface area contributed by atoms with Crippen molar-refractivity contribution < 1.29 is 56.0 Å². The molecule has 0 aromatic heterocycles. The summed E-state index contributed by atoms with van der Waals surface area (Å²) in [6.45, 7) is 5.88. The number of halogens is 6. The first-order chi connectivity index (χ1) is 18.6. The molecule has 2 atom stereocenters. The molecule has 0 bridgehead atoms. The van der Waals surface area contributed by atoms with Crippen LogP contribution in [-0.4, -0.2) is 82.6 Å². The second-order valence-electron chi connectivity index (χ2n) is 10.0. The SMILES string of the molecule is CCCC(=O)C1CCN([C@@H]2c3ccccc3C3(CCNCC3)[C@H]2O)CC1.O=C(O)C(F)(F)F.O=C(O)C(F)(F)F. The molecule has 2 fully saturated rings. The normalized spacial score (nSPS) is 22.8. The summed E-state index contributed by atoms with van der Waals surface area (Å²) in [5.74, 6) is -4.85. The number of benzene rings is 1. The number of alkyl halides is 6. The summed E-state index contributed by atoms with van der Waals surface area (Å²) in [4.78, 5) is 32.5. The summed E-state index contributed by atoms with van der Waals surface area (Å²) in [5.41, 5.74) is 2.59. The fourth-order valence-corrected chi connectivity index (χ4v) is 5.62. The molecule has 14 heteroatoms. The molecule has 40 heavy (non-hydrogen) atoms. The summed E-state index contributed by atoms with van der Waals surface area (Å²) in [6, 6.07) is 8.77. The van der Waals surface area contributed by atoms with Gasteiger partial charge in [-0.2, -0.15) is 26.3 Å². The lowest BCUT2D eigenvalue weighted by atomic mass is 9.72. The predicted octanol–water partition coefficient (Wildman–Crippen LogP) is 4.07. The van der Waals surface area contributed by atoms with Gasteiger partial charge in [-0.1, -0.05) is 31.2 Å². The number of hydrogen-bond acceptors (Lipinski definition) is 6. The second kappa shape index (κ2) is 13.8. The average molecular weight is 585 g/mol. The highest BCUT2D eigenvalue weighted by molar-refractivity contribution is 5.81. The largest absolute Gasteiger partial charge is 0.490 e. The average Bonchev–Trinajstić information content (AvgIpc) is 3.12. The van der Waals surface area contributed by atoms with Gasteiger partial charge < -0.3 is 20.6 Å². The van der Waals surface area contributed by atoms with Crippen LogP contribution in [-0.2, 0) is 19.8 Å². The first kappa shape index (κ1) is 33.5. The number of aliphatic carboxylic acids is 2. The highest BCUT2D eigenvalue weighted by Crippen LogP contribution is 2.52. The monoisotopic (exact) mass is 584 g/mol. The van der Waals surface area contributed by atoms with Crippen LogP contribution in [0.1, 0.15) is 62.6 Å². The Labute approximate surface area is 227 Å². The Bertz CT molecular complexity index is 994. The van der Waals surface area contributed by atoms with Crippen molar-refractivity contribution in [2.45, 2.75) is 75.4 Å². The summed E-state index contributed by atoms with van der Waals surface area (Å²) >= 11 is 0. The molecule has 226 valence electrons. The number of nitrogens with zero attached hydrogens (tertiary/aromatic N) is 1. The zero-order chi connectivity index (χ0) is 30.3.